The Bertz CT molecular complexity index is 418. The first-order chi connectivity index (χ1) is 8.77. The molecule has 0 amide bonds. The molecule has 3 heteroatoms. The molecular formula is C16H27O2P. The molecule has 1 unspecified atom stereocenters. The van der Waals surface area contributed by atoms with Gasteiger partial charge < -0.3 is 9.67 Å². The Kier molecular flexibility index (Phi) is 5.82. The molecule has 19 heavy (non-hydrogen) atoms. The number of unbranched alkanes of at least 4 members (excludes halogenated alkanes) is 1. The second kappa shape index (κ2) is 6.72. The summed E-state index contributed by atoms with van der Waals surface area (Å²) < 4.78 is 13.4. The van der Waals surface area contributed by atoms with Crippen LogP contribution in [0.15, 0.2) is 30.3 Å². The van der Waals surface area contributed by atoms with Crippen LogP contribution in [-0.4, -0.2) is 22.5 Å². The summed E-state index contributed by atoms with van der Waals surface area (Å²) in [5.41, 5.74) is 0. The molecule has 0 aromatic heterocycles. The van der Waals surface area contributed by atoms with Gasteiger partial charge in [0.25, 0.3) is 0 Å². The standard InChI is InChI=1S/C16H27O2P/c1-14(17)10-8-9-13-19(18,16(2,3)4)15-11-6-5-7-12-15/h5-7,11-12,14,17H,8-10,13H2,1-4H3/t14-,19?/m1/s1. The van der Waals surface area contributed by atoms with Crippen molar-refractivity contribution >= 4 is 12.4 Å². The van der Waals surface area contributed by atoms with E-state index in [4.69, 9.17) is 0 Å². The summed E-state index contributed by atoms with van der Waals surface area (Å²) >= 11 is 0. The van der Waals surface area contributed by atoms with Crippen molar-refractivity contribution in [2.24, 2.45) is 0 Å². The van der Waals surface area contributed by atoms with Gasteiger partial charge in [-0.15, -0.1) is 0 Å². The first-order valence-electron chi connectivity index (χ1n) is 7.10. The highest BCUT2D eigenvalue weighted by Crippen LogP contribution is 2.57. The van der Waals surface area contributed by atoms with E-state index in [1.165, 1.54) is 0 Å². The fourth-order valence-corrected chi connectivity index (χ4v) is 5.32. The van der Waals surface area contributed by atoms with Crippen LogP contribution in [0.25, 0.3) is 0 Å². The third kappa shape index (κ3) is 4.47. The van der Waals surface area contributed by atoms with Crippen molar-refractivity contribution in [1.29, 1.82) is 0 Å². The van der Waals surface area contributed by atoms with E-state index in [1.54, 1.807) is 6.92 Å². The topological polar surface area (TPSA) is 37.3 Å². The van der Waals surface area contributed by atoms with Crippen molar-refractivity contribution in [2.75, 3.05) is 6.16 Å². The van der Waals surface area contributed by atoms with Gasteiger partial charge in [0.05, 0.1) is 6.10 Å². The van der Waals surface area contributed by atoms with Gasteiger partial charge in [-0.05, 0) is 19.8 Å². The zero-order valence-corrected chi connectivity index (χ0v) is 13.5. The van der Waals surface area contributed by atoms with E-state index in [9.17, 15) is 9.67 Å². The van der Waals surface area contributed by atoms with Crippen LogP contribution in [0.1, 0.15) is 47.0 Å². The summed E-state index contributed by atoms with van der Waals surface area (Å²) in [7, 11) is -2.40. The molecule has 1 N–H and O–H groups in total. The van der Waals surface area contributed by atoms with Crippen LogP contribution in [-0.2, 0) is 4.57 Å². The van der Waals surface area contributed by atoms with Crippen LogP contribution in [0, 0.1) is 0 Å². The maximum Gasteiger partial charge on any atom is 0.120 e. The van der Waals surface area contributed by atoms with Crippen LogP contribution in [0.4, 0.5) is 0 Å². The predicted molar refractivity (Wildman–Crippen MR) is 83.8 cm³/mol. The number of hydrogen-bond donors (Lipinski definition) is 1. The SMILES string of the molecule is C[C@@H](O)CCCCP(=O)(c1ccccc1)C(C)(C)C. The van der Waals surface area contributed by atoms with Crippen molar-refractivity contribution in [3.05, 3.63) is 30.3 Å². The van der Waals surface area contributed by atoms with E-state index in [-0.39, 0.29) is 11.3 Å². The molecule has 0 heterocycles. The van der Waals surface area contributed by atoms with Crippen LogP contribution >= 0.6 is 7.14 Å². The fourth-order valence-electron chi connectivity index (χ4n) is 2.29. The summed E-state index contributed by atoms with van der Waals surface area (Å²) in [5, 5.41) is 10.1. The molecule has 0 radical (unpaired) electrons. The summed E-state index contributed by atoms with van der Waals surface area (Å²) in [6, 6.07) is 9.86. The van der Waals surface area contributed by atoms with E-state index < -0.39 is 7.14 Å². The molecule has 0 aliphatic carbocycles. The Balaban J connectivity index is 2.82. The Morgan fingerprint density at radius 3 is 2.21 bits per heavy atom. The van der Waals surface area contributed by atoms with E-state index in [0.29, 0.717) is 0 Å². The van der Waals surface area contributed by atoms with Gasteiger partial charge in [-0.2, -0.15) is 0 Å². The minimum atomic E-state index is -2.40. The summed E-state index contributed by atoms with van der Waals surface area (Å²) in [6.07, 6.45) is 3.11. The number of hydrogen-bond acceptors (Lipinski definition) is 2. The van der Waals surface area contributed by atoms with Crippen molar-refractivity contribution in [1.82, 2.24) is 0 Å². The molecule has 0 aliphatic heterocycles. The third-order valence-electron chi connectivity index (χ3n) is 3.60. The number of aliphatic hydroxyl groups is 1. The van der Waals surface area contributed by atoms with Gasteiger partial charge in [-0.3, -0.25) is 0 Å². The lowest BCUT2D eigenvalue weighted by Gasteiger charge is -2.32. The minimum Gasteiger partial charge on any atom is -0.393 e. The molecule has 0 spiro atoms. The summed E-state index contributed by atoms with van der Waals surface area (Å²) in [4.78, 5) is 0. The largest absolute Gasteiger partial charge is 0.393 e. The molecule has 1 rings (SSSR count). The third-order valence-corrected chi connectivity index (χ3v) is 7.85. The van der Waals surface area contributed by atoms with E-state index >= 15 is 0 Å². The normalized spacial score (nSPS) is 16.9. The summed E-state index contributed by atoms with van der Waals surface area (Å²) in [6.45, 7) is 8.00. The molecule has 0 fully saturated rings. The summed E-state index contributed by atoms with van der Waals surface area (Å²) in [5.74, 6) is 0. The Morgan fingerprint density at radius 1 is 1.16 bits per heavy atom. The van der Waals surface area contributed by atoms with Gasteiger partial charge in [0.1, 0.15) is 7.14 Å². The highest BCUT2D eigenvalue weighted by Gasteiger charge is 2.37. The lowest BCUT2D eigenvalue weighted by molar-refractivity contribution is 0.181. The molecule has 2 nitrogen and oxygen atoms in total. The highest BCUT2D eigenvalue weighted by molar-refractivity contribution is 7.73. The molecular weight excluding hydrogens is 255 g/mol. The lowest BCUT2D eigenvalue weighted by Crippen LogP contribution is -2.25. The van der Waals surface area contributed by atoms with Gasteiger partial charge in [-0.25, -0.2) is 0 Å². The second-order valence-corrected chi connectivity index (χ2v) is 10.1. The molecule has 1 aromatic rings. The Labute approximate surface area is 117 Å². The quantitative estimate of drug-likeness (QED) is 0.632. The zero-order chi connectivity index (χ0) is 14.5. The van der Waals surface area contributed by atoms with Crippen molar-refractivity contribution in [3.63, 3.8) is 0 Å². The van der Waals surface area contributed by atoms with Crippen LogP contribution in [0.2, 0.25) is 0 Å². The average molecular weight is 282 g/mol. The van der Waals surface area contributed by atoms with Gasteiger partial charge >= 0.3 is 0 Å². The lowest BCUT2D eigenvalue weighted by atomic mass is 10.2. The van der Waals surface area contributed by atoms with Crippen LogP contribution in [0.3, 0.4) is 0 Å². The van der Waals surface area contributed by atoms with Crippen molar-refractivity contribution in [3.8, 4) is 0 Å². The van der Waals surface area contributed by atoms with Crippen LogP contribution < -0.4 is 5.30 Å². The van der Waals surface area contributed by atoms with E-state index in [1.807, 2.05) is 30.3 Å². The zero-order valence-electron chi connectivity index (χ0n) is 12.6. The Morgan fingerprint density at radius 2 is 1.74 bits per heavy atom. The monoisotopic (exact) mass is 282 g/mol. The maximum atomic E-state index is 13.4. The van der Waals surface area contributed by atoms with E-state index in [2.05, 4.69) is 20.8 Å². The predicted octanol–water partition coefficient (Wildman–Crippen LogP) is 4.02. The van der Waals surface area contributed by atoms with E-state index in [0.717, 1.165) is 30.7 Å². The van der Waals surface area contributed by atoms with Crippen LogP contribution in [0.5, 0.6) is 0 Å². The molecule has 1 aromatic carbocycles. The minimum absolute atomic E-state index is 0.209. The first kappa shape index (κ1) is 16.5. The van der Waals surface area contributed by atoms with Gasteiger partial charge in [-0.1, -0.05) is 57.5 Å². The number of aliphatic hydroxyl groups excluding tert-OH is 1. The Hall–Kier alpha value is -0.590. The number of rotatable bonds is 6. The maximum absolute atomic E-state index is 13.4. The highest BCUT2D eigenvalue weighted by atomic mass is 31.2. The fraction of sp³-hybridized carbons (Fsp3) is 0.625. The van der Waals surface area contributed by atoms with Gasteiger partial charge in [0.2, 0.25) is 0 Å². The molecule has 0 bridgehead atoms. The van der Waals surface area contributed by atoms with Crippen molar-refractivity contribution < 1.29 is 9.67 Å². The first-order valence-corrected chi connectivity index (χ1v) is 8.99. The van der Waals surface area contributed by atoms with Crippen molar-refractivity contribution in [2.45, 2.75) is 58.2 Å². The van der Waals surface area contributed by atoms with Gasteiger partial charge in [0, 0.05) is 16.6 Å². The average Bonchev–Trinajstić information content (AvgIpc) is 2.34. The molecule has 108 valence electrons. The molecule has 0 aliphatic rings. The number of benzene rings is 1. The molecule has 0 saturated heterocycles. The second-order valence-electron chi connectivity index (χ2n) is 6.31. The smallest absolute Gasteiger partial charge is 0.120 e. The molecule has 2 atom stereocenters. The molecule has 0 saturated carbocycles. The van der Waals surface area contributed by atoms with Gasteiger partial charge in [0.15, 0.2) is 0 Å².